The highest BCUT2D eigenvalue weighted by Crippen LogP contribution is 2.16. The van der Waals surface area contributed by atoms with E-state index < -0.39 is 0 Å². The molecule has 1 aromatic rings. The van der Waals surface area contributed by atoms with E-state index in [-0.39, 0.29) is 12.0 Å². The van der Waals surface area contributed by atoms with Crippen molar-refractivity contribution in [1.29, 1.82) is 0 Å². The third kappa shape index (κ3) is 5.00. The van der Waals surface area contributed by atoms with Crippen LogP contribution < -0.4 is 10.1 Å². The summed E-state index contributed by atoms with van der Waals surface area (Å²) in [5.41, 5.74) is 1.02. The molecule has 5 nitrogen and oxygen atoms in total. The third-order valence-electron chi connectivity index (χ3n) is 4.07. The van der Waals surface area contributed by atoms with Gasteiger partial charge in [-0.1, -0.05) is 19.1 Å². The second kappa shape index (κ2) is 8.15. The fraction of sp³-hybridized carbons (Fsp3) is 0.588. The number of hydrogen-bond acceptors (Lipinski definition) is 4. The number of aliphatic hydroxyl groups is 1. The van der Waals surface area contributed by atoms with Crippen LogP contribution in [0.25, 0.3) is 0 Å². The Morgan fingerprint density at radius 1 is 1.50 bits per heavy atom. The molecule has 1 fully saturated rings. The monoisotopic (exact) mass is 306 g/mol. The number of carbonyl (C=O) groups is 1. The van der Waals surface area contributed by atoms with Crippen LogP contribution in [0.1, 0.15) is 25.8 Å². The van der Waals surface area contributed by atoms with E-state index in [0.29, 0.717) is 32.2 Å². The van der Waals surface area contributed by atoms with Gasteiger partial charge in [-0.2, -0.15) is 0 Å². The predicted octanol–water partition coefficient (Wildman–Crippen LogP) is 1.40. The van der Waals surface area contributed by atoms with Crippen LogP contribution in [-0.4, -0.2) is 48.3 Å². The second-order valence-corrected chi connectivity index (χ2v) is 5.93. The van der Waals surface area contributed by atoms with Crippen molar-refractivity contribution >= 4 is 5.91 Å². The molecule has 5 heteroatoms. The molecule has 1 amide bonds. The zero-order chi connectivity index (χ0) is 15.9. The molecule has 0 aliphatic carbocycles. The molecular weight excluding hydrogens is 280 g/mol. The molecule has 1 aromatic carbocycles. The molecule has 1 aliphatic rings. The van der Waals surface area contributed by atoms with Crippen LogP contribution in [0.15, 0.2) is 24.3 Å². The van der Waals surface area contributed by atoms with Crippen molar-refractivity contribution in [3.63, 3.8) is 0 Å². The zero-order valence-electron chi connectivity index (χ0n) is 13.4. The van der Waals surface area contributed by atoms with Crippen molar-refractivity contribution in [1.82, 2.24) is 10.2 Å². The first-order valence-corrected chi connectivity index (χ1v) is 7.97. The Kier molecular flexibility index (Phi) is 6.21. The number of aliphatic hydroxyl groups excluding tert-OH is 1. The van der Waals surface area contributed by atoms with Gasteiger partial charge in [0.1, 0.15) is 5.75 Å². The van der Waals surface area contributed by atoms with Crippen LogP contribution in [0, 0.1) is 5.92 Å². The fourth-order valence-electron chi connectivity index (χ4n) is 2.63. The number of likely N-dealkylation sites (tertiary alicyclic amines) is 1. The van der Waals surface area contributed by atoms with Gasteiger partial charge in [-0.25, -0.2) is 0 Å². The number of nitrogens with one attached hydrogen (secondary N) is 1. The first-order chi connectivity index (χ1) is 10.6. The lowest BCUT2D eigenvalue weighted by atomic mass is 9.96. The molecule has 122 valence electrons. The topological polar surface area (TPSA) is 61.8 Å². The van der Waals surface area contributed by atoms with Crippen molar-refractivity contribution in [3.05, 3.63) is 29.8 Å². The van der Waals surface area contributed by atoms with E-state index >= 15 is 0 Å². The van der Waals surface area contributed by atoms with Crippen molar-refractivity contribution in [2.24, 2.45) is 5.92 Å². The van der Waals surface area contributed by atoms with Gasteiger partial charge in [0.05, 0.1) is 19.3 Å². The highest BCUT2D eigenvalue weighted by molar-refractivity contribution is 5.78. The first-order valence-electron chi connectivity index (χ1n) is 7.97. The Labute approximate surface area is 132 Å². The van der Waals surface area contributed by atoms with Crippen LogP contribution in [0.5, 0.6) is 5.75 Å². The van der Waals surface area contributed by atoms with Gasteiger partial charge >= 0.3 is 0 Å². The molecule has 0 spiro atoms. The largest absolute Gasteiger partial charge is 0.494 e. The van der Waals surface area contributed by atoms with Crippen LogP contribution in [0.4, 0.5) is 0 Å². The average Bonchev–Trinajstić information content (AvgIpc) is 2.50. The van der Waals surface area contributed by atoms with E-state index in [0.717, 1.165) is 24.3 Å². The van der Waals surface area contributed by atoms with Gasteiger partial charge < -0.3 is 15.2 Å². The SMILES string of the molecule is CCOc1cccc(CNC(=O)CN2CCC(C)C(O)C2)c1. The van der Waals surface area contributed by atoms with E-state index in [1.165, 1.54) is 0 Å². The minimum atomic E-state index is -0.329. The number of benzene rings is 1. The quantitative estimate of drug-likeness (QED) is 0.834. The maximum atomic E-state index is 12.0. The summed E-state index contributed by atoms with van der Waals surface area (Å²) in [7, 11) is 0. The molecule has 1 aliphatic heterocycles. The lowest BCUT2D eigenvalue weighted by Gasteiger charge is -2.33. The van der Waals surface area contributed by atoms with Crippen LogP contribution in [0.2, 0.25) is 0 Å². The van der Waals surface area contributed by atoms with Gasteiger partial charge in [0.15, 0.2) is 0 Å². The van der Waals surface area contributed by atoms with Gasteiger partial charge in [-0.3, -0.25) is 9.69 Å². The molecular formula is C17H26N2O3. The molecule has 1 heterocycles. The second-order valence-electron chi connectivity index (χ2n) is 5.93. The molecule has 0 radical (unpaired) electrons. The van der Waals surface area contributed by atoms with Gasteiger partial charge in [-0.15, -0.1) is 0 Å². The van der Waals surface area contributed by atoms with Crippen molar-refractivity contribution in [2.45, 2.75) is 32.9 Å². The molecule has 2 unspecified atom stereocenters. The Bertz CT molecular complexity index is 493. The van der Waals surface area contributed by atoms with Crippen LogP contribution in [-0.2, 0) is 11.3 Å². The highest BCUT2D eigenvalue weighted by atomic mass is 16.5. The van der Waals surface area contributed by atoms with E-state index in [1.54, 1.807) is 0 Å². The summed E-state index contributed by atoms with van der Waals surface area (Å²) in [5, 5.41) is 12.8. The molecule has 0 aromatic heterocycles. The number of nitrogens with zero attached hydrogens (tertiary/aromatic N) is 1. The summed E-state index contributed by atoms with van der Waals surface area (Å²) in [4.78, 5) is 14.0. The van der Waals surface area contributed by atoms with Gasteiger partial charge in [-0.05, 0) is 43.5 Å². The van der Waals surface area contributed by atoms with Crippen molar-refractivity contribution in [3.8, 4) is 5.75 Å². The van der Waals surface area contributed by atoms with E-state index in [4.69, 9.17) is 4.74 Å². The number of carbonyl (C=O) groups excluding carboxylic acids is 1. The van der Waals surface area contributed by atoms with E-state index in [1.807, 2.05) is 43.0 Å². The maximum absolute atomic E-state index is 12.0. The Morgan fingerprint density at radius 2 is 2.32 bits per heavy atom. The minimum absolute atomic E-state index is 0.0106. The lowest BCUT2D eigenvalue weighted by Crippen LogP contribution is -2.46. The van der Waals surface area contributed by atoms with Crippen LogP contribution >= 0.6 is 0 Å². The minimum Gasteiger partial charge on any atom is -0.494 e. The van der Waals surface area contributed by atoms with Crippen molar-refractivity contribution < 1.29 is 14.6 Å². The van der Waals surface area contributed by atoms with Gasteiger partial charge in [0.2, 0.25) is 5.91 Å². The van der Waals surface area contributed by atoms with Gasteiger partial charge in [0, 0.05) is 13.1 Å². The molecule has 2 rings (SSSR count). The Morgan fingerprint density at radius 3 is 3.05 bits per heavy atom. The normalized spacial score (nSPS) is 22.3. The number of amides is 1. The summed E-state index contributed by atoms with van der Waals surface area (Å²) in [6.45, 7) is 6.91. The third-order valence-corrected chi connectivity index (χ3v) is 4.07. The molecule has 1 saturated heterocycles. The Balaban J connectivity index is 1.77. The molecule has 0 saturated carbocycles. The average molecular weight is 306 g/mol. The summed E-state index contributed by atoms with van der Waals surface area (Å²) >= 11 is 0. The summed E-state index contributed by atoms with van der Waals surface area (Å²) in [6.07, 6.45) is 0.606. The van der Waals surface area contributed by atoms with Gasteiger partial charge in [0.25, 0.3) is 0 Å². The van der Waals surface area contributed by atoms with Crippen LogP contribution in [0.3, 0.4) is 0 Å². The van der Waals surface area contributed by atoms with E-state index in [9.17, 15) is 9.90 Å². The zero-order valence-corrected chi connectivity index (χ0v) is 13.4. The fourth-order valence-corrected chi connectivity index (χ4v) is 2.63. The van der Waals surface area contributed by atoms with E-state index in [2.05, 4.69) is 5.32 Å². The molecule has 22 heavy (non-hydrogen) atoms. The summed E-state index contributed by atoms with van der Waals surface area (Å²) < 4.78 is 5.45. The Hall–Kier alpha value is -1.59. The van der Waals surface area contributed by atoms with Crippen molar-refractivity contribution in [2.75, 3.05) is 26.2 Å². The number of rotatable bonds is 6. The number of ether oxygens (including phenoxy) is 1. The smallest absolute Gasteiger partial charge is 0.234 e. The first kappa shape index (κ1) is 16.8. The maximum Gasteiger partial charge on any atom is 0.234 e. The predicted molar refractivity (Wildman–Crippen MR) is 85.7 cm³/mol. The summed E-state index contributed by atoms with van der Waals surface area (Å²) in [5.74, 6) is 1.13. The standard InChI is InChI=1S/C17H26N2O3/c1-3-22-15-6-4-5-14(9-15)10-18-17(21)12-19-8-7-13(2)16(20)11-19/h4-6,9,13,16,20H,3,7-8,10-12H2,1-2H3,(H,18,21). The molecule has 2 atom stereocenters. The lowest BCUT2D eigenvalue weighted by molar-refractivity contribution is -0.123. The number of piperidine rings is 1. The summed E-state index contributed by atoms with van der Waals surface area (Å²) in [6, 6.07) is 7.74. The highest BCUT2D eigenvalue weighted by Gasteiger charge is 2.25. The molecule has 2 N–H and O–H groups in total. The number of β-amino-alcohol motifs (C(OH)–C–C–N with tert-alkyl or cyclic N) is 1. The molecule has 0 bridgehead atoms. The number of hydrogen-bond donors (Lipinski definition) is 2.